The lowest BCUT2D eigenvalue weighted by atomic mass is 10.1. The largest absolute Gasteiger partial charge is 0.365 e. The first kappa shape index (κ1) is 17.0. The molecule has 0 aliphatic heterocycles. The molecule has 3 N–H and O–H groups in total. The van der Waals surface area contributed by atoms with Crippen molar-refractivity contribution in [1.82, 2.24) is 9.55 Å². The number of hydrogen-bond acceptors (Lipinski definition) is 5. The van der Waals surface area contributed by atoms with Crippen molar-refractivity contribution in [3.05, 3.63) is 28.4 Å². The normalized spacial score (nSPS) is 13.0. The van der Waals surface area contributed by atoms with Gasteiger partial charge in [0.05, 0.1) is 11.3 Å². The Balaban J connectivity index is 1.65. The van der Waals surface area contributed by atoms with Gasteiger partial charge in [0.1, 0.15) is 5.00 Å². The monoisotopic (exact) mass is 364 g/mol. The van der Waals surface area contributed by atoms with Crippen LogP contribution in [0.5, 0.6) is 0 Å². The van der Waals surface area contributed by atoms with Crippen LogP contribution in [0.25, 0.3) is 0 Å². The van der Waals surface area contributed by atoms with Gasteiger partial charge < -0.3 is 15.6 Å². The zero-order chi connectivity index (χ0) is 17.1. The highest BCUT2D eigenvalue weighted by atomic mass is 32.2. The molecule has 2 amide bonds. The van der Waals surface area contributed by atoms with Gasteiger partial charge in [0, 0.05) is 23.8 Å². The van der Waals surface area contributed by atoms with Crippen molar-refractivity contribution in [1.29, 1.82) is 0 Å². The van der Waals surface area contributed by atoms with Crippen molar-refractivity contribution in [2.24, 2.45) is 5.73 Å². The number of amides is 2. The second kappa shape index (κ2) is 7.40. The summed E-state index contributed by atoms with van der Waals surface area (Å²) in [6.45, 7) is 2.98. The summed E-state index contributed by atoms with van der Waals surface area (Å²) in [6.07, 6.45) is 7.54. The highest BCUT2D eigenvalue weighted by Crippen LogP contribution is 2.38. The molecule has 0 radical (unpaired) electrons. The minimum atomic E-state index is -0.462. The zero-order valence-corrected chi connectivity index (χ0v) is 15.1. The number of thiophene rings is 1. The van der Waals surface area contributed by atoms with Gasteiger partial charge in [-0.3, -0.25) is 9.59 Å². The number of nitrogens with one attached hydrogen (secondary N) is 1. The van der Waals surface area contributed by atoms with E-state index in [1.165, 1.54) is 28.0 Å². The van der Waals surface area contributed by atoms with E-state index in [1.807, 2.05) is 10.8 Å². The molecule has 0 fully saturated rings. The number of nitrogens with zero attached hydrogens (tertiary/aromatic N) is 2. The highest BCUT2D eigenvalue weighted by molar-refractivity contribution is 7.99. The summed E-state index contributed by atoms with van der Waals surface area (Å²) in [6, 6.07) is 0. The fourth-order valence-corrected chi connectivity index (χ4v) is 4.99. The number of nitrogens with two attached hydrogens (primary N) is 1. The third-order valence-corrected chi connectivity index (χ3v) is 6.11. The summed E-state index contributed by atoms with van der Waals surface area (Å²) >= 11 is 2.87. The van der Waals surface area contributed by atoms with Crippen molar-refractivity contribution >= 4 is 39.9 Å². The number of aryl methyl sites for hydroxylation is 2. The van der Waals surface area contributed by atoms with Gasteiger partial charge in [-0.2, -0.15) is 0 Å². The first-order valence-electron chi connectivity index (χ1n) is 7.98. The third-order valence-electron chi connectivity index (χ3n) is 3.89. The van der Waals surface area contributed by atoms with Crippen LogP contribution in [-0.4, -0.2) is 27.1 Å². The molecule has 6 nitrogen and oxygen atoms in total. The molecule has 0 saturated carbocycles. The first-order valence-corrected chi connectivity index (χ1v) is 9.78. The minimum absolute atomic E-state index is 0.145. The van der Waals surface area contributed by atoms with E-state index in [1.54, 1.807) is 6.20 Å². The van der Waals surface area contributed by atoms with Crippen molar-refractivity contribution in [2.45, 2.75) is 44.3 Å². The molecule has 2 aromatic rings. The van der Waals surface area contributed by atoms with Gasteiger partial charge in [-0.05, 0) is 31.2 Å². The summed E-state index contributed by atoms with van der Waals surface area (Å²) in [5, 5.41) is 4.28. The number of carbonyl (C=O) groups is 2. The van der Waals surface area contributed by atoms with E-state index in [2.05, 4.69) is 17.2 Å². The molecule has 3 rings (SSSR count). The molecule has 1 aliphatic rings. The van der Waals surface area contributed by atoms with Crippen molar-refractivity contribution < 1.29 is 9.59 Å². The lowest BCUT2D eigenvalue weighted by Crippen LogP contribution is -2.19. The molecule has 0 unspecified atom stereocenters. The minimum Gasteiger partial charge on any atom is -0.365 e. The SMILES string of the molecule is CCCn1ccnc1SCC(=O)Nc1sc2c(c1C(N)=O)CCC2. The van der Waals surface area contributed by atoms with Gasteiger partial charge in [0.25, 0.3) is 5.91 Å². The van der Waals surface area contributed by atoms with Crippen molar-refractivity contribution in [3.63, 3.8) is 0 Å². The molecule has 2 heterocycles. The van der Waals surface area contributed by atoms with Crippen LogP contribution < -0.4 is 11.1 Å². The fourth-order valence-electron chi connectivity index (χ4n) is 2.89. The van der Waals surface area contributed by atoms with Crippen LogP contribution in [-0.2, 0) is 24.2 Å². The van der Waals surface area contributed by atoms with Gasteiger partial charge in [0.2, 0.25) is 5.91 Å². The number of anilines is 1. The van der Waals surface area contributed by atoms with Crippen molar-refractivity contribution in [3.8, 4) is 0 Å². The number of carbonyl (C=O) groups excluding carboxylic acids is 2. The smallest absolute Gasteiger partial charge is 0.251 e. The predicted octanol–water partition coefficient (Wildman–Crippen LogP) is 2.67. The summed E-state index contributed by atoms with van der Waals surface area (Å²) < 4.78 is 2.03. The van der Waals surface area contributed by atoms with E-state index in [-0.39, 0.29) is 11.7 Å². The standard InChI is InChI=1S/C16H20N4O2S2/c1-2-7-20-8-6-18-16(20)23-9-12(21)19-15-13(14(17)22)10-4-3-5-11(10)24-15/h6,8H,2-5,7,9H2,1H3,(H2,17,22)(H,19,21). The quantitative estimate of drug-likeness (QED) is 0.739. The second-order valence-electron chi connectivity index (χ2n) is 5.67. The molecule has 8 heteroatoms. The summed E-state index contributed by atoms with van der Waals surface area (Å²) in [4.78, 5) is 29.5. The van der Waals surface area contributed by atoms with E-state index in [0.29, 0.717) is 10.6 Å². The topological polar surface area (TPSA) is 90.0 Å². The Morgan fingerprint density at radius 1 is 1.46 bits per heavy atom. The Morgan fingerprint density at radius 3 is 3.04 bits per heavy atom. The predicted molar refractivity (Wildman–Crippen MR) is 96.7 cm³/mol. The molecule has 0 saturated heterocycles. The van der Waals surface area contributed by atoms with E-state index < -0.39 is 5.91 Å². The summed E-state index contributed by atoms with van der Waals surface area (Å²) in [7, 11) is 0. The number of fused-ring (bicyclic) bond motifs is 1. The van der Waals surface area contributed by atoms with Crippen LogP contribution >= 0.6 is 23.1 Å². The van der Waals surface area contributed by atoms with Crippen LogP contribution in [0.2, 0.25) is 0 Å². The maximum absolute atomic E-state index is 12.3. The molecule has 1 aliphatic carbocycles. The molecule has 0 bridgehead atoms. The molecule has 0 spiro atoms. The Hall–Kier alpha value is -1.80. The average molecular weight is 364 g/mol. The van der Waals surface area contributed by atoms with Crippen LogP contribution in [0.3, 0.4) is 0 Å². The molecular formula is C16H20N4O2S2. The zero-order valence-electron chi connectivity index (χ0n) is 13.5. The fraction of sp³-hybridized carbons (Fsp3) is 0.438. The number of primary amides is 1. The van der Waals surface area contributed by atoms with Gasteiger partial charge in [-0.25, -0.2) is 4.98 Å². The molecular weight excluding hydrogens is 344 g/mol. The number of rotatable bonds is 7. The summed E-state index contributed by atoms with van der Waals surface area (Å²) in [5.74, 6) is -0.356. The van der Waals surface area contributed by atoms with E-state index in [4.69, 9.17) is 5.73 Å². The van der Waals surface area contributed by atoms with Gasteiger partial charge in [-0.1, -0.05) is 18.7 Å². The average Bonchev–Trinajstić information content (AvgIpc) is 3.21. The van der Waals surface area contributed by atoms with Crippen LogP contribution in [0.15, 0.2) is 17.6 Å². The number of hydrogen-bond donors (Lipinski definition) is 2. The molecule has 2 aromatic heterocycles. The Morgan fingerprint density at radius 2 is 2.29 bits per heavy atom. The second-order valence-corrected chi connectivity index (χ2v) is 7.71. The highest BCUT2D eigenvalue weighted by Gasteiger charge is 2.26. The summed E-state index contributed by atoms with van der Waals surface area (Å²) in [5.41, 5.74) is 7.03. The number of thioether (sulfide) groups is 1. The first-order chi connectivity index (χ1) is 11.6. The van der Waals surface area contributed by atoms with Gasteiger partial charge in [0.15, 0.2) is 5.16 Å². The van der Waals surface area contributed by atoms with Crippen molar-refractivity contribution in [2.75, 3.05) is 11.1 Å². The van der Waals surface area contributed by atoms with E-state index >= 15 is 0 Å². The lowest BCUT2D eigenvalue weighted by Gasteiger charge is -2.07. The van der Waals surface area contributed by atoms with E-state index in [9.17, 15) is 9.59 Å². The molecule has 0 atom stereocenters. The Labute approximate surface area is 148 Å². The Bertz CT molecular complexity index is 766. The molecule has 0 aromatic carbocycles. The maximum Gasteiger partial charge on any atom is 0.251 e. The van der Waals surface area contributed by atoms with Crippen LogP contribution in [0.4, 0.5) is 5.00 Å². The number of imidazole rings is 1. The lowest BCUT2D eigenvalue weighted by molar-refractivity contribution is -0.113. The molecule has 24 heavy (non-hydrogen) atoms. The van der Waals surface area contributed by atoms with Gasteiger partial charge >= 0.3 is 0 Å². The van der Waals surface area contributed by atoms with Crippen LogP contribution in [0, 0.1) is 0 Å². The van der Waals surface area contributed by atoms with E-state index in [0.717, 1.165) is 42.9 Å². The maximum atomic E-state index is 12.3. The Kier molecular flexibility index (Phi) is 5.25. The third kappa shape index (κ3) is 3.49. The van der Waals surface area contributed by atoms with Gasteiger partial charge in [-0.15, -0.1) is 11.3 Å². The molecule has 128 valence electrons. The number of aromatic nitrogens is 2. The van der Waals surface area contributed by atoms with Crippen LogP contribution in [0.1, 0.15) is 40.6 Å².